The Morgan fingerprint density at radius 1 is 1.78 bits per heavy atom. The topological polar surface area (TPSA) is 46.5 Å². The summed E-state index contributed by atoms with van der Waals surface area (Å²) in [6.07, 6.45) is -0.991. The number of esters is 1. The van der Waals surface area contributed by atoms with Gasteiger partial charge in [-0.05, 0) is 13.8 Å². The molecular formula is C5H11BrO3. The molecule has 56 valence electrons. The smallest absolute Gasteiger partial charge is 0.334 e. The van der Waals surface area contributed by atoms with Gasteiger partial charge in [-0.3, -0.25) is 0 Å². The molecule has 0 aromatic heterocycles. The lowest BCUT2D eigenvalue weighted by Gasteiger charge is -2.01. The lowest BCUT2D eigenvalue weighted by molar-refractivity contribution is -0.151. The van der Waals surface area contributed by atoms with E-state index in [0.717, 1.165) is 0 Å². The highest BCUT2D eigenvalue weighted by molar-refractivity contribution is 8.93. The first kappa shape index (κ1) is 11.7. The first-order valence-corrected chi connectivity index (χ1v) is 2.53. The molecule has 0 aliphatic heterocycles. The van der Waals surface area contributed by atoms with Crippen LogP contribution in [-0.2, 0) is 9.53 Å². The van der Waals surface area contributed by atoms with Crippen LogP contribution in [0.15, 0.2) is 0 Å². The van der Waals surface area contributed by atoms with Gasteiger partial charge in [0.15, 0.2) is 0 Å². The SMILES string of the molecule is Br.CCOC(=O)C(C)O. The van der Waals surface area contributed by atoms with Crippen LogP contribution in [0.4, 0.5) is 0 Å². The second-order valence-electron chi connectivity index (χ2n) is 1.43. The molecule has 0 aliphatic carbocycles. The molecule has 9 heavy (non-hydrogen) atoms. The molecule has 0 amide bonds. The number of hydrogen-bond acceptors (Lipinski definition) is 3. The van der Waals surface area contributed by atoms with E-state index in [1.54, 1.807) is 6.92 Å². The average molecular weight is 199 g/mol. The summed E-state index contributed by atoms with van der Waals surface area (Å²) in [5.74, 6) is -0.562. The number of ether oxygens (including phenoxy) is 1. The van der Waals surface area contributed by atoms with Crippen LogP contribution >= 0.6 is 17.0 Å². The third-order valence-electron chi connectivity index (χ3n) is 0.628. The highest BCUT2D eigenvalue weighted by Crippen LogP contribution is 1.84. The summed E-state index contributed by atoms with van der Waals surface area (Å²) in [6.45, 7) is 3.39. The summed E-state index contributed by atoms with van der Waals surface area (Å²) in [6, 6.07) is 0. The number of rotatable bonds is 2. The molecule has 1 atom stereocenters. The molecule has 0 bridgehead atoms. The normalized spacial score (nSPS) is 11.4. The van der Waals surface area contributed by atoms with Crippen molar-refractivity contribution >= 4 is 23.0 Å². The maximum absolute atomic E-state index is 10.3. The van der Waals surface area contributed by atoms with E-state index in [0.29, 0.717) is 6.61 Å². The van der Waals surface area contributed by atoms with Crippen molar-refractivity contribution < 1.29 is 14.6 Å². The Labute approximate surface area is 64.8 Å². The zero-order valence-corrected chi connectivity index (χ0v) is 7.17. The third-order valence-corrected chi connectivity index (χ3v) is 0.628. The van der Waals surface area contributed by atoms with Gasteiger partial charge in [-0.25, -0.2) is 4.79 Å². The van der Waals surface area contributed by atoms with Gasteiger partial charge < -0.3 is 9.84 Å². The largest absolute Gasteiger partial charge is 0.464 e. The summed E-state index contributed by atoms with van der Waals surface area (Å²) in [7, 11) is 0. The Morgan fingerprint density at radius 2 is 2.22 bits per heavy atom. The Bertz CT molecular complexity index is 82.3. The van der Waals surface area contributed by atoms with Crippen LogP contribution in [0, 0.1) is 0 Å². The summed E-state index contributed by atoms with van der Waals surface area (Å²) < 4.78 is 4.41. The highest BCUT2D eigenvalue weighted by Gasteiger charge is 2.07. The molecule has 0 aromatic carbocycles. The molecule has 0 fully saturated rings. The maximum Gasteiger partial charge on any atom is 0.334 e. The fraction of sp³-hybridized carbons (Fsp3) is 0.800. The molecule has 0 rings (SSSR count). The molecule has 1 N–H and O–H groups in total. The van der Waals surface area contributed by atoms with Gasteiger partial charge in [-0.15, -0.1) is 17.0 Å². The number of hydrogen-bond donors (Lipinski definition) is 1. The predicted molar refractivity (Wildman–Crippen MR) is 38.6 cm³/mol. The molecule has 0 saturated carbocycles. The van der Waals surface area contributed by atoms with E-state index in [1.165, 1.54) is 6.92 Å². The number of aliphatic hydroxyl groups excluding tert-OH is 1. The molecule has 3 nitrogen and oxygen atoms in total. The minimum absolute atomic E-state index is 0. The van der Waals surface area contributed by atoms with Gasteiger partial charge in [-0.2, -0.15) is 0 Å². The highest BCUT2D eigenvalue weighted by atomic mass is 79.9. The monoisotopic (exact) mass is 198 g/mol. The van der Waals surface area contributed by atoms with Gasteiger partial charge in [-0.1, -0.05) is 0 Å². The number of carbonyl (C=O) groups excluding carboxylic acids is 1. The van der Waals surface area contributed by atoms with E-state index >= 15 is 0 Å². The molecule has 0 aromatic rings. The van der Waals surface area contributed by atoms with Crippen LogP contribution in [-0.4, -0.2) is 23.8 Å². The van der Waals surface area contributed by atoms with E-state index in [4.69, 9.17) is 5.11 Å². The van der Waals surface area contributed by atoms with Crippen LogP contribution in [0.3, 0.4) is 0 Å². The van der Waals surface area contributed by atoms with Crippen molar-refractivity contribution in [2.75, 3.05) is 6.61 Å². The van der Waals surface area contributed by atoms with Crippen LogP contribution in [0.1, 0.15) is 13.8 Å². The first-order valence-electron chi connectivity index (χ1n) is 2.53. The molecule has 0 saturated heterocycles. The van der Waals surface area contributed by atoms with E-state index < -0.39 is 12.1 Å². The zero-order chi connectivity index (χ0) is 6.57. The Hall–Kier alpha value is -0.0900. The van der Waals surface area contributed by atoms with Gasteiger partial charge in [0, 0.05) is 0 Å². The summed E-state index contributed by atoms with van der Waals surface area (Å²) in [5, 5.41) is 8.48. The summed E-state index contributed by atoms with van der Waals surface area (Å²) in [4.78, 5) is 10.3. The Balaban J connectivity index is 0. The standard InChI is InChI=1S/C5H10O3.BrH/c1-3-8-5(7)4(2)6;/h4,6H,3H2,1-2H3;1H. The minimum Gasteiger partial charge on any atom is -0.464 e. The average Bonchev–Trinajstić information content (AvgIpc) is 1.67. The van der Waals surface area contributed by atoms with E-state index in [-0.39, 0.29) is 17.0 Å². The van der Waals surface area contributed by atoms with Crippen LogP contribution in [0.2, 0.25) is 0 Å². The minimum atomic E-state index is -0.991. The quantitative estimate of drug-likeness (QED) is 0.659. The lowest BCUT2D eigenvalue weighted by atomic mass is 10.4. The molecule has 0 radical (unpaired) electrons. The summed E-state index contributed by atoms with van der Waals surface area (Å²) >= 11 is 0. The van der Waals surface area contributed by atoms with Gasteiger partial charge in [0.2, 0.25) is 0 Å². The van der Waals surface area contributed by atoms with Gasteiger partial charge in [0.25, 0.3) is 0 Å². The second-order valence-corrected chi connectivity index (χ2v) is 1.43. The van der Waals surface area contributed by atoms with E-state index in [2.05, 4.69) is 4.74 Å². The van der Waals surface area contributed by atoms with Crippen LogP contribution in [0.25, 0.3) is 0 Å². The molecule has 0 heterocycles. The fourth-order valence-corrected chi connectivity index (χ4v) is 0.263. The van der Waals surface area contributed by atoms with Crippen LogP contribution in [0.5, 0.6) is 0 Å². The maximum atomic E-state index is 10.3. The van der Waals surface area contributed by atoms with Crippen molar-refractivity contribution in [1.29, 1.82) is 0 Å². The Kier molecular flexibility index (Phi) is 7.83. The first-order chi connectivity index (χ1) is 3.68. The van der Waals surface area contributed by atoms with Gasteiger partial charge in [0.05, 0.1) is 6.61 Å². The second kappa shape index (κ2) is 6.04. The molecule has 1 unspecified atom stereocenters. The number of halogens is 1. The fourth-order valence-electron chi connectivity index (χ4n) is 0.263. The van der Waals surface area contributed by atoms with Crippen molar-refractivity contribution in [1.82, 2.24) is 0 Å². The summed E-state index contributed by atoms with van der Waals surface area (Å²) in [5.41, 5.74) is 0. The van der Waals surface area contributed by atoms with E-state index in [1.807, 2.05) is 0 Å². The molecule has 0 spiro atoms. The number of carbonyl (C=O) groups is 1. The molecule has 4 heteroatoms. The molecule has 0 aliphatic rings. The van der Waals surface area contributed by atoms with Gasteiger partial charge in [0.1, 0.15) is 6.10 Å². The van der Waals surface area contributed by atoms with Crippen molar-refractivity contribution in [2.45, 2.75) is 20.0 Å². The van der Waals surface area contributed by atoms with Crippen molar-refractivity contribution in [3.8, 4) is 0 Å². The van der Waals surface area contributed by atoms with Crippen molar-refractivity contribution in [3.05, 3.63) is 0 Å². The number of aliphatic hydroxyl groups is 1. The van der Waals surface area contributed by atoms with Crippen molar-refractivity contribution in [2.24, 2.45) is 0 Å². The zero-order valence-electron chi connectivity index (χ0n) is 5.46. The van der Waals surface area contributed by atoms with Crippen molar-refractivity contribution in [3.63, 3.8) is 0 Å². The third kappa shape index (κ3) is 5.79. The lowest BCUT2D eigenvalue weighted by Crippen LogP contribution is -2.18. The van der Waals surface area contributed by atoms with Gasteiger partial charge >= 0.3 is 5.97 Å². The predicted octanol–water partition coefficient (Wildman–Crippen LogP) is 0.508. The van der Waals surface area contributed by atoms with Crippen LogP contribution < -0.4 is 0 Å². The van der Waals surface area contributed by atoms with E-state index in [9.17, 15) is 4.79 Å². The molecular weight excluding hydrogens is 188 g/mol. The Morgan fingerprint density at radius 3 is 2.33 bits per heavy atom.